The molecule has 0 amide bonds. The molecule has 11 heavy (non-hydrogen) atoms. The van der Waals surface area contributed by atoms with Crippen LogP contribution in [0.5, 0.6) is 0 Å². The minimum absolute atomic E-state index is 0.421. The molecule has 4 heteroatoms. The van der Waals surface area contributed by atoms with E-state index in [1.165, 1.54) is 24.2 Å². The lowest BCUT2D eigenvalue weighted by Gasteiger charge is -2.01. The summed E-state index contributed by atoms with van der Waals surface area (Å²) < 4.78 is 12.5. The van der Waals surface area contributed by atoms with Crippen molar-refractivity contribution in [2.24, 2.45) is 0 Å². The fourth-order valence-electron chi connectivity index (χ4n) is 0.623. The molecule has 0 spiro atoms. The van der Waals surface area contributed by atoms with Crippen molar-refractivity contribution in [1.29, 1.82) is 0 Å². The van der Waals surface area contributed by atoms with Gasteiger partial charge in [0.05, 0.1) is 0 Å². The third kappa shape index (κ3) is 2.84. The molecule has 0 radical (unpaired) electrons. The van der Waals surface area contributed by atoms with Gasteiger partial charge in [0.2, 0.25) is 5.95 Å². The van der Waals surface area contributed by atoms with E-state index in [1.54, 1.807) is 0 Å². The van der Waals surface area contributed by atoms with E-state index >= 15 is 0 Å². The first-order chi connectivity index (χ1) is 5.18. The Morgan fingerprint density at radius 2 is 2.18 bits per heavy atom. The van der Waals surface area contributed by atoms with Crippen LogP contribution in [0.4, 0.5) is 4.39 Å². The molecule has 0 atom stereocenters. The number of hydrogen-bond donors (Lipinski definition) is 0. The molecule has 0 saturated heterocycles. The molecular weight excluding hydrogens is 163 g/mol. The van der Waals surface area contributed by atoms with Crippen LogP contribution in [0.25, 0.3) is 0 Å². The van der Waals surface area contributed by atoms with Gasteiger partial charge >= 0.3 is 0 Å². The molecule has 1 heterocycles. The van der Waals surface area contributed by atoms with E-state index < -0.39 is 5.95 Å². The fraction of sp³-hybridized carbons (Fsp3) is 0.429. The van der Waals surface area contributed by atoms with Crippen molar-refractivity contribution in [2.45, 2.75) is 24.1 Å². The summed E-state index contributed by atoms with van der Waals surface area (Å²) in [5.41, 5.74) is 0. The molecule has 1 rings (SSSR count). The molecule has 1 aromatic heterocycles. The summed E-state index contributed by atoms with van der Waals surface area (Å²) in [5, 5.41) is 1.11. The highest BCUT2D eigenvalue weighted by Crippen LogP contribution is 2.19. The van der Waals surface area contributed by atoms with E-state index in [2.05, 4.69) is 9.97 Å². The Morgan fingerprint density at radius 1 is 1.45 bits per heavy atom. The highest BCUT2D eigenvalue weighted by atomic mass is 32.2. The molecule has 0 aliphatic carbocycles. The topological polar surface area (TPSA) is 25.8 Å². The highest BCUT2D eigenvalue weighted by Gasteiger charge is 2.00. The first-order valence-corrected chi connectivity index (χ1v) is 4.20. The van der Waals surface area contributed by atoms with E-state index in [0.29, 0.717) is 10.3 Å². The maximum Gasteiger partial charge on any atom is 0.217 e. The normalized spacial score (nSPS) is 10.5. The summed E-state index contributed by atoms with van der Waals surface area (Å²) in [6, 6.07) is 1.34. The highest BCUT2D eigenvalue weighted by molar-refractivity contribution is 7.99. The molecule has 2 nitrogen and oxygen atoms in total. The van der Waals surface area contributed by atoms with Crippen LogP contribution in [0.1, 0.15) is 13.8 Å². The van der Waals surface area contributed by atoms with Gasteiger partial charge in [-0.05, 0) is 0 Å². The minimum Gasteiger partial charge on any atom is -0.230 e. The van der Waals surface area contributed by atoms with Crippen molar-refractivity contribution in [2.75, 3.05) is 0 Å². The fourth-order valence-corrected chi connectivity index (χ4v) is 1.38. The van der Waals surface area contributed by atoms with Crippen LogP contribution in [0.15, 0.2) is 17.4 Å². The standard InChI is InChI=1S/C7H9FN2S/c1-5(2)11-7-3-6(8)9-4-10-7/h3-5H,1-2H3. The maximum absolute atomic E-state index is 12.5. The molecule has 1 aromatic rings. The van der Waals surface area contributed by atoms with Crippen molar-refractivity contribution in [3.8, 4) is 0 Å². The van der Waals surface area contributed by atoms with Crippen molar-refractivity contribution in [3.63, 3.8) is 0 Å². The second-order valence-electron chi connectivity index (χ2n) is 2.35. The van der Waals surface area contributed by atoms with E-state index in [-0.39, 0.29) is 0 Å². The van der Waals surface area contributed by atoms with Crippen LogP contribution in [-0.4, -0.2) is 15.2 Å². The van der Waals surface area contributed by atoms with Gasteiger partial charge in [-0.15, -0.1) is 11.8 Å². The Kier molecular flexibility index (Phi) is 2.82. The number of thioether (sulfide) groups is 1. The Balaban J connectivity index is 2.71. The van der Waals surface area contributed by atoms with Crippen LogP contribution in [0.3, 0.4) is 0 Å². The summed E-state index contributed by atoms with van der Waals surface area (Å²) in [5.74, 6) is -0.469. The quantitative estimate of drug-likeness (QED) is 0.504. The number of rotatable bonds is 2. The smallest absolute Gasteiger partial charge is 0.217 e. The largest absolute Gasteiger partial charge is 0.230 e. The number of aromatic nitrogens is 2. The first-order valence-electron chi connectivity index (χ1n) is 3.32. The lowest BCUT2D eigenvalue weighted by molar-refractivity contribution is 0.572. The number of hydrogen-bond acceptors (Lipinski definition) is 3. The lowest BCUT2D eigenvalue weighted by Crippen LogP contribution is -1.91. The van der Waals surface area contributed by atoms with Crippen molar-refractivity contribution in [3.05, 3.63) is 18.3 Å². The molecule has 0 saturated carbocycles. The van der Waals surface area contributed by atoms with E-state index in [9.17, 15) is 4.39 Å². The predicted molar refractivity (Wildman–Crippen MR) is 43.0 cm³/mol. The summed E-state index contributed by atoms with van der Waals surface area (Å²) in [6.45, 7) is 4.06. The van der Waals surface area contributed by atoms with Crippen LogP contribution in [0, 0.1) is 5.95 Å². The van der Waals surface area contributed by atoms with Crippen molar-refractivity contribution in [1.82, 2.24) is 9.97 Å². The van der Waals surface area contributed by atoms with Crippen molar-refractivity contribution < 1.29 is 4.39 Å². The van der Waals surface area contributed by atoms with Gasteiger partial charge in [0.15, 0.2) is 0 Å². The molecule has 0 fully saturated rings. The van der Waals surface area contributed by atoms with Crippen molar-refractivity contribution >= 4 is 11.8 Å². The SMILES string of the molecule is CC(C)Sc1cc(F)ncn1. The number of nitrogens with zero attached hydrogens (tertiary/aromatic N) is 2. The molecule has 60 valence electrons. The summed E-state index contributed by atoms with van der Waals surface area (Å²) in [6.07, 6.45) is 1.24. The minimum atomic E-state index is -0.469. The second kappa shape index (κ2) is 3.67. The molecule has 0 N–H and O–H groups in total. The van der Waals surface area contributed by atoms with Gasteiger partial charge < -0.3 is 0 Å². The zero-order valence-electron chi connectivity index (χ0n) is 6.41. The van der Waals surface area contributed by atoms with Gasteiger partial charge in [0, 0.05) is 11.3 Å². The summed E-state index contributed by atoms with van der Waals surface area (Å²) >= 11 is 1.52. The van der Waals surface area contributed by atoms with Crippen LogP contribution >= 0.6 is 11.8 Å². The average molecular weight is 172 g/mol. The molecule has 0 aliphatic heterocycles. The first kappa shape index (κ1) is 8.46. The van der Waals surface area contributed by atoms with Crippen LogP contribution in [0.2, 0.25) is 0 Å². The number of halogens is 1. The van der Waals surface area contributed by atoms with Gasteiger partial charge in [-0.3, -0.25) is 0 Å². The van der Waals surface area contributed by atoms with Gasteiger partial charge in [-0.2, -0.15) is 4.39 Å². The third-order valence-electron chi connectivity index (χ3n) is 0.965. The van der Waals surface area contributed by atoms with Gasteiger partial charge in [-0.25, -0.2) is 9.97 Å². The van der Waals surface area contributed by atoms with Crippen LogP contribution < -0.4 is 0 Å². The monoisotopic (exact) mass is 172 g/mol. The average Bonchev–Trinajstić information content (AvgIpc) is 1.85. The van der Waals surface area contributed by atoms with Crippen LogP contribution in [-0.2, 0) is 0 Å². The zero-order valence-corrected chi connectivity index (χ0v) is 7.23. The molecule has 0 unspecified atom stereocenters. The molecule has 0 aliphatic rings. The van der Waals surface area contributed by atoms with E-state index in [1.807, 2.05) is 13.8 Å². The lowest BCUT2D eigenvalue weighted by atomic mass is 10.6. The summed E-state index contributed by atoms with van der Waals surface area (Å²) in [4.78, 5) is 7.25. The molecular formula is C7H9FN2S. The summed E-state index contributed by atoms with van der Waals surface area (Å²) in [7, 11) is 0. The Hall–Kier alpha value is -0.640. The van der Waals surface area contributed by atoms with Gasteiger partial charge in [-0.1, -0.05) is 13.8 Å². The predicted octanol–water partition coefficient (Wildman–Crippen LogP) is 2.12. The zero-order chi connectivity index (χ0) is 8.27. The second-order valence-corrected chi connectivity index (χ2v) is 3.94. The molecule has 0 aromatic carbocycles. The van der Waals surface area contributed by atoms with Gasteiger partial charge in [0.1, 0.15) is 11.4 Å². The maximum atomic E-state index is 12.5. The van der Waals surface area contributed by atoms with E-state index in [4.69, 9.17) is 0 Å². The molecule has 0 bridgehead atoms. The Morgan fingerprint density at radius 3 is 2.73 bits per heavy atom. The Bertz CT molecular complexity index is 240. The Labute approximate surface area is 69.3 Å². The third-order valence-corrected chi connectivity index (χ3v) is 1.90. The van der Waals surface area contributed by atoms with E-state index in [0.717, 1.165) is 0 Å². The van der Waals surface area contributed by atoms with Gasteiger partial charge in [0.25, 0.3) is 0 Å².